The van der Waals surface area contributed by atoms with Gasteiger partial charge in [0.05, 0.1) is 12.0 Å². The van der Waals surface area contributed by atoms with E-state index in [2.05, 4.69) is 0 Å². The lowest BCUT2D eigenvalue weighted by Gasteiger charge is -2.10. The van der Waals surface area contributed by atoms with Crippen LogP contribution in [-0.2, 0) is 10.1 Å². The molecule has 0 spiro atoms. The molecule has 0 radical (unpaired) electrons. The van der Waals surface area contributed by atoms with Crippen molar-refractivity contribution in [2.24, 2.45) is 0 Å². The van der Waals surface area contributed by atoms with Crippen molar-refractivity contribution >= 4 is 10.1 Å². The van der Waals surface area contributed by atoms with E-state index in [4.69, 9.17) is 9.29 Å². The first-order chi connectivity index (χ1) is 8.91. The zero-order valence-electron chi connectivity index (χ0n) is 10.6. The molecule has 0 aliphatic rings. The first kappa shape index (κ1) is 13.6. The zero-order valence-corrected chi connectivity index (χ0v) is 11.4. The zero-order chi connectivity index (χ0) is 14.0. The van der Waals surface area contributed by atoms with Crippen LogP contribution in [0.5, 0.6) is 5.75 Å². The number of aryl methyl sites for hydroxylation is 1. The van der Waals surface area contributed by atoms with Crippen LogP contribution in [-0.4, -0.2) is 20.1 Å². The second-order valence-corrected chi connectivity index (χ2v) is 5.62. The summed E-state index contributed by atoms with van der Waals surface area (Å²) in [5, 5.41) is 0. The molecule has 0 saturated carbocycles. The third-order valence-corrected chi connectivity index (χ3v) is 3.69. The lowest BCUT2D eigenvalue weighted by molar-refractivity contribution is 0.416. The van der Waals surface area contributed by atoms with Gasteiger partial charge in [0.2, 0.25) is 0 Å². The standard InChI is InChI=1S/C14H14O4S/c1-10-3-8-14(18-2)13(9-10)11-4-6-12(7-5-11)19(15,16)17/h3-9H,1-2H3,(H,15,16,17). The molecule has 0 aliphatic heterocycles. The van der Waals surface area contributed by atoms with Crippen LogP contribution in [0.4, 0.5) is 0 Å². The van der Waals surface area contributed by atoms with Crippen molar-refractivity contribution in [3.05, 3.63) is 48.0 Å². The average molecular weight is 278 g/mol. The molecule has 5 heteroatoms. The van der Waals surface area contributed by atoms with Gasteiger partial charge in [0.15, 0.2) is 0 Å². The fourth-order valence-corrected chi connectivity index (χ4v) is 2.33. The van der Waals surface area contributed by atoms with E-state index >= 15 is 0 Å². The molecule has 0 aliphatic carbocycles. The molecular formula is C14H14O4S. The maximum atomic E-state index is 11.0. The minimum absolute atomic E-state index is 0.122. The number of hydrogen-bond acceptors (Lipinski definition) is 3. The molecule has 1 N–H and O–H groups in total. The highest BCUT2D eigenvalue weighted by Crippen LogP contribution is 2.31. The molecule has 0 fully saturated rings. The highest BCUT2D eigenvalue weighted by Gasteiger charge is 2.11. The van der Waals surface area contributed by atoms with Crippen LogP contribution in [0.3, 0.4) is 0 Å². The topological polar surface area (TPSA) is 63.6 Å². The summed E-state index contributed by atoms with van der Waals surface area (Å²) in [7, 11) is -2.57. The van der Waals surface area contributed by atoms with Crippen LogP contribution >= 0.6 is 0 Å². The quantitative estimate of drug-likeness (QED) is 0.877. The van der Waals surface area contributed by atoms with E-state index in [1.807, 2.05) is 25.1 Å². The Labute approximate surface area is 112 Å². The van der Waals surface area contributed by atoms with Gasteiger partial charge in [-0.05, 0) is 36.8 Å². The average Bonchev–Trinajstić information content (AvgIpc) is 2.38. The molecule has 0 unspecified atom stereocenters. The van der Waals surface area contributed by atoms with E-state index in [0.29, 0.717) is 5.75 Å². The van der Waals surface area contributed by atoms with Gasteiger partial charge in [-0.25, -0.2) is 0 Å². The number of hydrogen-bond donors (Lipinski definition) is 1. The molecule has 0 aromatic heterocycles. The van der Waals surface area contributed by atoms with Crippen molar-refractivity contribution in [3.8, 4) is 16.9 Å². The Kier molecular flexibility index (Phi) is 3.59. The van der Waals surface area contributed by atoms with Gasteiger partial charge in [-0.15, -0.1) is 0 Å². The molecule has 0 amide bonds. The summed E-state index contributed by atoms with van der Waals surface area (Å²) in [4.78, 5) is -0.122. The fourth-order valence-electron chi connectivity index (χ4n) is 1.85. The third-order valence-electron chi connectivity index (χ3n) is 2.82. The molecule has 4 nitrogen and oxygen atoms in total. The molecule has 0 saturated heterocycles. The van der Waals surface area contributed by atoms with Crippen LogP contribution in [0.1, 0.15) is 5.56 Å². The second kappa shape index (κ2) is 5.03. The Bertz CT molecular complexity index is 688. The van der Waals surface area contributed by atoms with Crippen molar-refractivity contribution in [2.45, 2.75) is 11.8 Å². The second-order valence-electron chi connectivity index (χ2n) is 4.20. The maximum Gasteiger partial charge on any atom is 0.294 e. The van der Waals surface area contributed by atoms with E-state index < -0.39 is 10.1 Å². The smallest absolute Gasteiger partial charge is 0.294 e. The summed E-state index contributed by atoms with van der Waals surface area (Å²) in [5.74, 6) is 0.713. The Morgan fingerprint density at radius 3 is 2.21 bits per heavy atom. The molecule has 0 heterocycles. The van der Waals surface area contributed by atoms with Gasteiger partial charge >= 0.3 is 0 Å². The Hall–Kier alpha value is -1.85. The molecule has 2 aromatic rings. The van der Waals surface area contributed by atoms with Crippen molar-refractivity contribution in [3.63, 3.8) is 0 Å². The first-order valence-corrected chi connectivity index (χ1v) is 7.08. The normalized spacial score (nSPS) is 11.3. The van der Waals surface area contributed by atoms with Crippen LogP contribution in [0, 0.1) is 6.92 Å². The van der Waals surface area contributed by atoms with Gasteiger partial charge in [0.25, 0.3) is 10.1 Å². The predicted octanol–water partition coefficient (Wildman–Crippen LogP) is 2.92. The van der Waals surface area contributed by atoms with E-state index in [-0.39, 0.29) is 4.90 Å². The van der Waals surface area contributed by atoms with Crippen LogP contribution in [0.15, 0.2) is 47.4 Å². The van der Waals surface area contributed by atoms with Crippen molar-refractivity contribution in [1.29, 1.82) is 0 Å². The van der Waals surface area contributed by atoms with Gasteiger partial charge in [0, 0.05) is 5.56 Å². The number of methoxy groups -OCH3 is 1. The summed E-state index contributed by atoms with van der Waals surface area (Å²) in [6.45, 7) is 1.97. The van der Waals surface area contributed by atoms with Gasteiger partial charge in [0.1, 0.15) is 5.75 Å². The summed E-state index contributed by atoms with van der Waals surface area (Å²) in [6, 6.07) is 11.8. The van der Waals surface area contributed by atoms with Gasteiger partial charge in [-0.1, -0.05) is 23.8 Å². The van der Waals surface area contributed by atoms with Crippen LogP contribution in [0.25, 0.3) is 11.1 Å². The van der Waals surface area contributed by atoms with E-state index in [1.54, 1.807) is 19.2 Å². The molecule has 0 atom stereocenters. The van der Waals surface area contributed by atoms with Crippen LogP contribution in [0.2, 0.25) is 0 Å². The SMILES string of the molecule is COc1ccc(C)cc1-c1ccc(S(=O)(=O)O)cc1. The fraction of sp³-hybridized carbons (Fsp3) is 0.143. The number of ether oxygens (including phenoxy) is 1. The Morgan fingerprint density at radius 1 is 1.05 bits per heavy atom. The van der Waals surface area contributed by atoms with E-state index in [0.717, 1.165) is 16.7 Å². The molecule has 2 aromatic carbocycles. The molecule has 100 valence electrons. The van der Waals surface area contributed by atoms with Crippen molar-refractivity contribution in [2.75, 3.05) is 7.11 Å². The summed E-state index contributed by atoms with van der Waals surface area (Å²) in [5.41, 5.74) is 2.78. The highest BCUT2D eigenvalue weighted by atomic mass is 32.2. The number of rotatable bonds is 3. The maximum absolute atomic E-state index is 11.0. The van der Waals surface area contributed by atoms with E-state index in [1.165, 1.54) is 12.1 Å². The van der Waals surface area contributed by atoms with Gasteiger partial charge in [-0.2, -0.15) is 8.42 Å². The minimum Gasteiger partial charge on any atom is -0.496 e. The lowest BCUT2D eigenvalue weighted by Crippen LogP contribution is -1.97. The highest BCUT2D eigenvalue weighted by molar-refractivity contribution is 7.85. The number of benzene rings is 2. The molecule has 0 bridgehead atoms. The largest absolute Gasteiger partial charge is 0.496 e. The minimum atomic E-state index is -4.16. The Morgan fingerprint density at radius 2 is 1.68 bits per heavy atom. The molecule has 2 rings (SSSR count). The third kappa shape index (κ3) is 2.94. The summed E-state index contributed by atoms with van der Waals surface area (Å²) >= 11 is 0. The van der Waals surface area contributed by atoms with Crippen molar-refractivity contribution < 1.29 is 17.7 Å². The first-order valence-electron chi connectivity index (χ1n) is 5.64. The van der Waals surface area contributed by atoms with Crippen molar-refractivity contribution in [1.82, 2.24) is 0 Å². The predicted molar refractivity (Wildman–Crippen MR) is 73.0 cm³/mol. The summed E-state index contributed by atoms with van der Waals surface area (Å²) in [6.07, 6.45) is 0. The monoisotopic (exact) mass is 278 g/mol. The molecular weight excluding hydrogens is 264 g/mol. The lowest BCUT2D eigenvalue weighted by atomic mass is 10.0. The van der Waals surface area contributed by atoms with Crippen LogP contribution < -0.4 is 4.74 Å². The summed E-state index contributed by atoms with van der Waals surface area (Å²) < 4.78 is 36.2. The van der Waals surface area contributed by atoms with Gasteiger partial charge < -0.3 is 4.74 Å². The molecule has 19 heavy (non-hydrogen) atoms. The van der Waals surface area contributed by atoms with E-state index in [9.17, 15) is 8.42 Å². The van der Waals surface area contributed by atoms with Gasteiger partial charge in [-0.3, -0.25) is 4.55 Å². The Balaban J connectivity index is 2.51.